The number of hydroxylamine groups is 2. The second kappa shape index (κ2) is 10.1. The maximum Gasteiger partial charge on any atom is 0.333 e. The molecule has 0 aromatic carbocycles. The van der Waals surface area contributed by atoms with E-state index in [1.165, 1.54) is 0 Å². The van der Waals surface area contributed by atoms with Crippen LogP contribution in [0.25, 0.3) is 0 Å². The molecule has 0 aromatic rings. The van der Waals surface area contributed by atoms with E-state index in [1.807, 2.05) is 13.8 Å². The number of rotatable bonds is 6. The molecule has 18 heavy (non-hydrogen) atoms. The number of imide groups is 1. The summed E-state index contributed by atoms with van der Waals surface area (Å²) in [5.74, 6) is -1.38. The Kier molecular flexibility index (Phi) is 9.55. The van der Waals surface area contributed by atoms with E-state index in [4.69, 9.17) is 4.84 Å². The first-order chi connectivity index (χ1) is 8.65. The van der Waals surface area contributed by atoms with Crippen molar-refractivity contribution < 1.29 is 19.2 Å². The normalized spacial score (nSPS) is 14.3. The molecule has 1 rings (SSSR count). The third-order valence-electron chi connectivity index (χ3n) is 2.21. The summed E-state index contributed by atoms with van der Waals surface area (Å²) in [7, 11) is 0. The van der Waals surface area contributed by atoms with Crippen LogP contribution < -0.4 is 0 Å². The van der Waals surface area contributed by atoms with Gasteiger partial charge in [-0.1, -0.05) is 36.2 Å². The SMILES string of the molecule is CC.O=C(CCCCCBr)ON1C(=O)CCC1=O. The summed E-state index contributed by atoms with van der Waals surface area (Å²) in [5, 5.41) is 1.50. The van der Waals surface area contributed by atoms with E-state index in [0.29, 0.717) is 11.5 Å². The molecule has 0 aromatic heterocycles. The molecule has 0 unspecified atom stereocenters. The number of unbranched alkanes of at least 4 members (excludes halogenated alkanes) is 2. The van der Waals surface area contributed by atoms with Crippen LogP contribution in [0.5, 0.6) is 0 Å². The molecule has 1 saturated heterocycles. The van der Waals surface area contributed by atoms with E-state index in [0.717, 1.165) is 18.2 Å². The van der Waals surface area contributed by atoms with Crippen molar-refractivity contribution in [1.29, 1.82) is 0 Å². The fraction of sp³-hybridized carbons (Fsp3) is 0.750. The van der Waals surface area contributed by atoms with Crippen LogP contribution in [0.3, 0.4) is 0 Å². The minimum absolute atomic E-state index is 0.135. The van der Waals surface area contributed by atoms with Gasteiger partial charge >= 0.3 is 5.97 Å². The summed E-state index contributed by atoms with van der Waals surface area (Å²) in [6, 6.07) is 0. The molecular weight excluding hydrogens is 302 g/mol. The molecule has 0 N–H and O–H groups in total. The highest BCUT2D eigenvalue weighted by Gasteiger charge is 2.32. The van der Waals surface area contributed by atoms with Gasteiger partial charge < -0.3 is 4.84 Å². The molecule has 1 fully saturated rings. The molecule has 0 spiro atoms. The van der Waals surface area contributed by atoms with Crippen molar-refractivity contribution >= 4 is 33.7 Å². The Labute approximate surface area is 116 Å². The van der Waals surface area contributed by atoms with Crippen molar-refractivity contribution in [2.75, 3.05) is 5.33 Å². The number of hydrogen-bond acceptors (Lipinski definition) is 4. The lowest BCUT2D eigenvalue weighted by molar-refractivity contribution is -0.197. The fourth-order valence-electron chi connectivity index (χ4n) is 1.35. The average molecular weight is 322 g/mol. The monoisotopic (exact) mass is 321 g/mol. The molecule has 1 aliphatic heterocycles. The Bertz CT molecular complexity index is 278. The second-order valence-corrected chi connectivity index (χ2v) is 4.34. The highest BCUT2D eigenvalue weighted by molar-refractivity contribution is 9.09. The Morgan fingerprint density at radius 1 is 1.17 bits per heavy atom. The van der Waals surface area contributed by atoms with Crippen LogP contribution in [0.2, 0.25) is 0 Å². The van der Waals surface area contributed by atoms with Crippen LogP contribution in [0, 0.1) is 0 Å². The molecule has 6 heteroatoms. The van der Waals surface area contributed by atoms with Crippen molar-refractivity contribution in [3.05, 3.63) is 0 Å². The highest BCUT2D eigenvalue weighted by atomic mass is 79.9. The first-order valence-electron chi connectivity index (χ1n) is 6.27. The summed E-state index contributed by atoms with van der Waals surface area (Å²) >= 11 is 3.29. The number of carbonyl (C=O) groups is 3. The van der Waals surface area contributed by atoms with Gasteiger partial charge in [0.15, 0.2) is 0 Å². The number of halogens is 1. The van der Waals surface area contributed by atoms with Gasteiger partial charge in [0.1, 0.15) is 0 Å². The van der Waals surface area contributed by atoms with Gasteiger partial charge in [0.05, 0.1) is 0 Å². The van der Waals surface area contributed by atoms with E-state index >= 15 is 0 Å². The summed E-state index contributed by atoms with van der Waals surface area (Å²) in [6.45, 7) is 4.00. The van der Waals surface area contributed by atoms with Crippen LogP contribution in [-0.4, -0.2) is 28.2 Å². The van der Waals surface area contributed by atoms with Crippen molar-refractivity contribution in [1.82, 2.24) is 5.06 Å². The molecule has 1 heterocycles. The summed E-state index contributed by atoms with van der Waals surface area (Å²) in [6.07, 6.45) is 3.13. The predicted molar refractivity (Wildman–Crippen MR) is 70.8 cm³/mol. The van der Waals surface area contributed by atoms with Gasteiger partial charge in [-0.05, 0) is 12.8 Å². The molecule has 0 aliphatic carbocycles. The summed E-state index contributed by atoms with van der Waals surface area (Å²) in [5.41, 5.74) is 0. The van der Waals surface area contributed by atoms with Crippen LogP contribution in [0.4, 0.5) is 0 Å². The molecule has 2 amide bonds. The Morgan fingerprint density at radius 3 is 2.22 bits per heavy atom. The van der Waals surface area contributed by atoms with Gasteiger partial charge in [-0.15, -0.1) is 5.06 Å². The second-order valence-electron chi connectivity index (χ2n) is 3.54. The third-order valence-corrected chi connectivity index (χ3v) is 2.77. The van der Waals surface area contributed by atoms with Gasteiger partial charge in [0.2, 0.25) is 0 Å². The molecule has 5 nitrogen and oxygen atoms in total. The number of carbonyl (C=O) groups excluding carboxylic acids is 3. The zero-order valence-corrected chi connectivity index (χ0v) is 12.5. The minimum atomic E-state index is -0.516. The van der Waals surface area contributed by atoms with Gasteiger partial charge in [0, 0.05) is 24.6 Å². The first-order valence-corrected chi connectivity index (χ1v) is 7.40. The molecule has 0 atom stereocenters. The molecule has 0 radical (unpaired) electrons. The average Bonchev–Trinajstić information content (AvgIpc) is 2.69. The van der Waals surface area contributed by atoms with Crippen molar-refractivity contribution in [3.63, 3.8) is 0 Å². The molecular formula is C12H20BrNO4. The molecule has 0 bridgehead atoms. The van der Waals surface area contributed by atoms with Crippen LogP contribution >= 0.6 is 15.9 Å². The number of alkyl halides is 1. The highest BCUT2D eigenvalue weighted by Crippen LogP contribution is 2.13. The van der Waals surface area contributed by atoms with Crippen molar-refractivity contribution in [2.24, 2.45) is 0 Å². The Balaban J connectivity index is 0.00000137. The standard InChI is InChI=1S/C10H14BrNO4.C2H6/c11-7-3-1-2-4-10(15)16-12-8(13)5-6-9(12)14;1-2/h1-7H2;1-2H3. The first kappa shape index (κ1) is 17.1. The maximum atomic E-state index is 11.3. The summed E-state index contributed by atoms with van der Waals surface area (Å²) in [4.78, 5) is 38.2. The third kappa shape index (κ3) is 6.14. The molecule has 0 saturated carbocycles. The van der Waals surface area contributed by atoms with Crippen molar-refractivity contribution in [2.45, 2.75) is 52.4 Å². The van der Waals surface area contributed by atoms with E-state index in [2.05, 4.69) is 15.9 Å². The predicted octanol–water partition coefficient (Wildman–Crippen LogP) is 2.58. The topological polar surface area (TPSA) is 63.7 Å². The molecule has 1 aliphatic rings. The fourth-order valence-corrected chi connectivity index (χ4v) is 1.74. The zero-order valence-electron chi connectivity index (χ0n) is 10.9. The number of nitrogens with zero attached hydrogens (tertiary/aromatic N) is 1. The van der Waals surface area contributed by atoms with Crippen LogP contribution in [0.15, 0.2) is 0 Å². The van der Waals surface area contributed by atoms with E-state index in [1.54, 1.807) is 0 Å². The smallest absolute Gasteiger partial charge is 0.330 e. The van der Waals surface area contributed by atoms with E-state index < -0.39 is 17.8 Å². The number of amides is 2. The Hall–Kier alpha value is -0.910. The van der Waals surface area contributed by atoms with Crippen molar-refractivity contribution in [3.8, 4) is 0 Å². The van der Waals surface area contributed by atoms with Crippen LogP contribution in [0.1, 0.15) is 52.4 Å². The lowest BCUT2D eigenvalue weighted by atomic mass is 10.2. The van der Waals surface area contributed by atoms with Gasteiger partial charge in [-0.25, -0.2) is 4.79 Å². The van der Waals surface area contributed by atoms with Gasteiger partial charge in [-0.3, -0.25) is 9.59 Å². The lowest BCUT2D eigenvalue weighted by Crippen LogP contribution is -2.31. The number of hydrogen-bond donors (Lipinski definition) is 0. The lowest BCUT2D eigenvalue weighted by Gasteiger charge is -2.12. The van der Waals surface area contributed by atoms with Crippen LogP contribution in [-0.2, 0) is 19.2 Å². The zero-order chi connectivity index (χ0) is 14.0. The largest absolute Gasteiger partial charge is 0.333 e. The quantitative estimate of drug-likeness (QED) is 0.428. The summed E-state index contributed by atoms with van der Waals surface area (Å²) < 4.78 is 0. The Morgan fingerprint density at radius 2 is 1.72 bits per heavy atom. The van der Waals surface area contributed by atoms with E-state index in [-0.39, 0.29) is 19.3 Å². The maximum absolute atomic E-state index is 11.3. The molecule has 104 valence electrons. The van der Waals surface area contributed by atoms with Gasteiger partial charge in [0.25, 0.3) is 11.8 Å². The van der Waals surface area contributed by atoms with Gasteiger partial charge in [-0.2, -0.15) is 0 Å². The van der Waals surface area contributed by atoms with E-state index in [9.17, 15) is 14.4 Å². The minimum Gasteiger partial charge on any atom is -0.330 e.